The van der Waals surface area contributed by atoms with Crippen molar-refractivity contribution in [3.05, 3.63) is 103 Å². The summed E-state index contributed by atoms with van der Waals surface area (Å²) in [5.41, 5.74) is 6.00. The van der Waals surface area contributed by atoms with Gasteiger partial charge in [0.25, 0.3) is 5.95 Å². The lowest BCUT2D eigenvalue weighted by Gasteiger charge is -2.11. The molecule has 2 aromatic heterocycles. The summed E-state index contributed by atoms with van der Waals surface area (Å²) in [4.78, 5) is 9.36. The Morgan fingerprint density at radius 1 is 0.774 bits per heavy atom. The summed E-state index contributed by atoms with van der Waals surface area (Å²) in [5, 5.41) is 15.2. The van der Waals surface area contributed by atoms with Crippen molar-refractivity contribution in [3.63, 3.8) is 0 Å². The van der Waals surface area contributed by atoms with E-state index < -0.39 is 0 Å². The van der Waals surface area contributed by atoms with E-state index in [9.17, 15) is 5.11 Å². The molecule has 0 unspecified atom stereocenters. The summed E-state index contributed by atoms with van der Waals surface area (Å²) in [7, 11) is 0. The van der Waals surface area contributed by atoms with Crippen LogP contribution in [0.5, 0.6) is 5.75 Å². The van der Waals surface area contributed by atoms with E-state index in [2.05, 4.69) is 4.98 Å². The number of hydrogen-bond donors (Lipinski definition) is 1. The molecule has 0 atom stereocenters. The molecular weight excluding hydrogens is 384 g/mol. The smallest absolute Gasteiger partial charge is 0.251 e. The third-order valence-electron chi connectivity index (χ3n) is 5.16. The van der Waals surface area contributed by atoms with E-state index in [-0.39, 0.29) is 5.75 Å². The van der Waals surface area contributed by atoms with Crippen LogP contribution < -0.4 is 0 Å². The van der Waals surface area contributed by atoms with Crippen molar-refractivity contribution in [2.45, 2.75) is 6.92 Å². The maximum absolute atomic E-state index is 10.4. The van der Waals surface area contributed by atoms with Crippen molar-refractivity contribution in [1.29, 1.82) is 0 Å². The van der Waals surface area contributed by atoms with Gasteiger partial charge in [0.05, 0.1) is 17.1 Å². The highest BCUT2D eigenvalue weighted by atomic mass is 16.3. The molecule has 5 heteroatoms. The van der Waals surface area contributed by atoms with Gasteiger partial charge < -0.3 is 5.11 Å². The second-order valence-electron chi connectivity index (χ2n) is 7.28. The standard InChI is InChI=1S/C26H20N4O/c1-18-17-27-26(28-25(18)21-14-8-9-15-24(21)31)30-23(20-12-6-3-7-13-20)16-22(29-30)19-10-4-2-5-11-19/h2-17,31H,1H3. The summed E-state index contributed by atoms with van der Waals surface area (Å²) in [6.45, 7) is 1.93. The second-order valence-corrected chi connectivity index (χ2v) is 7.28. The van der Waals surface area contributed by atoms with E-state index in [0.29, 0.717) is 17.2 Å². The van der Waals surface area contributed by atoms with Crippen LogP contribution in [0.15, 0.2) is 97.2 Å². The molecule has 3 aromatic carbocycles. The lowest BCUT2D eigenvalue weighted by Crippen LogP contribution is -2.06. The highest BCUT2D eigenvalue weighted by Gasteiger charge is 2.17. The number of rotatable bonds is 4. The van der Waals surface area contributed by atoms with Crippen molar-refractivity contribution < 1.29 is 5.11 Å². The SMILES string of the molecule is Cc1cnc(-n2nc(-c3ccccc3)cc2-c2ccccc2)nc1-c1ccccc1O. The number of aromatic nitrogens is 4. The van der Waals surface area contributed by atoms with E-state index in [1.165, 1.54) is 0 Å². The number of hydrogen-bond acceptors (Lipinski definition) is 4. The first-order valence-corrected chi connectivity index (χ1v) is 10.0. The minimum absolute atomic E-state index is 0.184. The number of nitrogens with zero attached hydrogens (tertiary/aromatic N) is 4. The maximum atomic E-state index is 10.4. The van der Waals surface area contributed by atoms with Crippen LogP contribution in [0.1, 0.15) is 5.56 Å². The predicted molar refractivity (Wildman–Crippen MR) is 122 cm³/mol. The van der Waals surface area contributed by atoms with E-state index >= 15 is 0 Å². The Labute approximate surface area is 180 Å². The molecule has 0 aliphatic heterocycles. The normalized spacial score (nSPS) is 10.9. The van der Waals surface area contributed by atoms with Crippen molar-refractivity contribution in [2.75, 3.05) is 0 Å². The quantitative estimate of drug-likeness (QED) is 0.419. The number of benzene rings is 3. The molecular formula is C26H20N4O. The van der Waals surface area contributed by atoms with Gasteiger partial charge in [-0.05, 0) is 30.7 Å². The van der Waals surface area contributed by atoms with Crippen molar-refractivity contribution in [3.8, 4) is 45.5 Å². The zero-order valence-corrected chi connectivity index (χ0v) is 17.0. The van der Waals surface area contributed by atoms with Crippen LogP contribution in [-0.4, -0.2) is 24.9 Å². The molecule has 0 fully saturated rings. The largest absolute Gasteiger partial charge is 0.507 e. The molecule has 1 N–H and O–H groups in total. The maximum Gasteiger partial charge on any atom is 0.251 e. The molecule has 5 nitrogen and oxygen atoms in total. The number of aromatic hydroxyl groups is 1. The van der Waals surface area contributed by atoms with Gasteiger partial charge in [-0.1, -0.05) is 72.8 Å². The first-order valence-electron chi connectivity index (χ1n) is 10.0. The molecule has 0 aliphatic rings. The molecule has 0 aliphatic carbocycles. The Morgan fingerprint density at radius 3 is 2.13 bits per heavy atom. The molecule has 5 rings (SSSR count). The molecule has 0 spiro atoms. The highest BCUT2D eigenvalue weighted by Crippen LogP contribution is 2.31. The molecule has 31 heavy (non-hydrogen) atoms. The van der Waals surface area contributed by atoms with Crippen LogP contribution >= 0.6 is 0 Å². The van der Waals surface area contributed by atoms with Gasteiger partial charge in [-0.25, -0.2) is 9.97 Å². The van der Waals surface area contributed by atoms with Gasteiger partial charge in [-0.3, -0.25) is 0 Å². The topological polar surface area (TPSA) is 63.8 Å². The van der Waals surface area contributed by atoms with Gasteiger partial charge >= 0.3 is 0 Å². The second kappa shape index (κ2) is 7.88. The fourth-order valence-corrected chi connectivity index (χ4v) is 3.58. The van der Waals surface area contributed by atoms with Gasteiger partial charge in [0.1, 0.15) is 5.75 Å². The molecule has 0 amide bonds. The predicted octanol–water partition coefficient (Wildman–Crippen LogP) is 5.68. The zero-order valence-electron chi connectivity index (χ0n) is 17.0. The van der Waals surface area contributed by atoms with Gasteiger partial charge in [0.15, 0.2) is 0 Å². The Bertz CT molecular complexity index is 1340. The number of phenols is 1. The van der Waals surface area contributed by atoms with Crippen LogP contribution in [0, 0.1) is 6.92 Å². The highest BCUT2D eigenvalue weighted by molar-refractivity contribution is 5.72. The van der Waals surface area contributed by atoms with Crippen LogP contribution in [0.2, 0.25) is 0 Å². The van der Waals surface area contributed by atoms with E-state index in [0.717, 1.165) is 28.1 Å². The first kappa shape index (κ1) is 18.8. The van der Waals surface area contributed by atoms with Crippen LogP contribution in [-0.2, 0) is 0 Å². The van der Waals surface area contributed by atoms with E-state index in [4.69, 9.17) is 10.1 Å². The van der Waals surface area contributed by atoms with E-state index in [1.807, 2.05) is 85.8 Å². The van der Waals surface area contributed by atoms with Crippen LogP contribution in [0.4, 0.5) is 0 Å². The van der Waals surface area contributed by atoms with Crippen molar-refractivity contribution >= 4 is 0 Å². The monoisotopic (exact) mass is 404 g/mol. The third kappa shape index (κ3) is 3.57. The van der Waals surface area contributed by atoms with Crippen molar-refractivity contribution in [1.82, 2.24) is 19.7 Å². The molecule has 0 saturated carbocycles. The lowest BCUT2D eigenvalue weighted by atomic mass is 10.1. The fourth-order valence-electron chi connectivity index (χ4n) is 3.58. The van der Waals surface area contributed by atoms with Crippen molar-refractivity contribution in [2.24, 2.45) is 0 Å². The lowest BCUT2D eigenvalue weighted by molar-refractivity contribution is 0.477. The summed E-state index contributed by atoms with van der Waals surface area (Å²) in [6, 6.07) is 29.3. The summed E-state index contributed by atoms with van der Waals surface area (Å²) in [5.74, 6) is 0.633. The summed E-state index contributed by atoms with van der Waals surface area (Å²) in [6.07, 6.45) is 1.77. The van der Waals surface area contributed by atoms with Gasteiger partial charge in [0, 0.05) is 22.9 Å². The zero-order chi connectivity index (χ0) is 21.2. The summed E-state index contributed by atoms with van der Waals surface area (Å²) >= 11 is 0. The van der Waals surface area contributed by atoms with E-state index in [1.54, 1.807) is 23.0 Å². The average molecular weight is 404 g/mol. The fraction of sp³-hybridized carbons (Fsp3) is 0.0385. The number of aryl methyl sites for hydroxylation is 1. The third-order valence-corrected chi connectivity index (χ3v) is 5.16. The molecule has 0 saturated heterocycles. The van der Waals surface area contributed by atoms with Gasteiger partial charge in [-0.2, -0.15) is 9.78 Å². The summed E-state index contributed by atoms with van der Waals surface area (Å²) < 4.78 is 1.76. The van der Waals surface area contributed by atoms with Gasteiger partial charge in [0.2, 0.25) is 0 Å². The Balaban J connectivity index is 1.71. The molecule has 0 radical (unpaired) electrons. The Hall–Kier alpha value is -4.25. The minimum Gasteiger partial charge on any atom is -0.507 e. The molecule has 150 valence electrons. The first-order chi connectivity index (χ1) is 15.2. The molecule has 0 bridgehead atoms. The minimum atomic E-state index is 0.184. The number of para-hydroxylation sites is 1. The van der Waals surface area contributed by atoms with Crippen LogP contribution in [0.25, 0.3) is 39.7 Å². The molecule has 2 heterocycles. The Kier molecular flexibility index (Phi) is 4.77. The van der Waals surface area contributed by atoms with Gasteiger partial charge in [-0.15, -0.1) is 0 Å². The van der Waals surface area contributed by atoms with Crippen LogP contribution in [0.3, 0.4) is 0 Å². The number of phenolic OH excluding ortho intramolecular Hbond substituents is 1. The average Bonchev–Trinajstić information content (AvgIpc) is 3.27. The molecule has 5 aromatic rings. The Morgan fingerprint density at radius 2 is 1.42 bits per heavy atom.